The van der Waals surface area contributed by atoms with Crippen LogP contribution >= 0.6 is 0 Å². The van der Waals surface area contributed by atoms with Crippen molar-refractivity contribution in [2.75, 3.05) is 5.32 Å². The summed E-state index contributed by atoms with van der Waals surface area (Å²) < 4.78 is 15.4. The SMILES string of the molecule is NC(=O)c1c(NC(=O)c2ccccc2F)ncn1CCCc1ccccc1. The molecule has 1 aromatic heterocycles. The molecule has 27 heavy (non-hydrogen) atoms. The van der Waals surface area contributed by atoms with Crippen LogP contribution in [0.3, 0.4) is 0 Å². The summed E-state index contributed by atoms with van der Waals surface area (Å²) in [4.78, 5) is 28.2. The van der Waals surface area contributed by atoms with Gasteiger partial charge in [0.05, 0.1) is 11.9 Å². The van der Waals surface area contributed by atoms with Crippen LogP contribution in [0.1, 0.15) is 32.8 Å². The number of primary amides is 1. The Kier molecular flexibility index (Phi) is 5.61. The molecule has 3 rings (SSSR count). The van der Waals surface area contributed by atoms with Crippen LogP contribution in [0.5, 0.6) is 0 Å². The van der Waals surface area contributed by atoms with Gasteiger partial charge in [-0.25, -0.2) is 9.37 Å². The molecular weight excluding hydrogens is 347 g/mol. The molecule has 6 nitrogen and oxygen atoms in total. The monoisotopic (exact) mass is 366 g/mol. The number of nitrogens with one attached hydrogen (secondary N) is 1. The molecule has 0 unspecified atom stereocenters. The van der Waals surface area contributed by atoms with E-state index in [9.17, 15) is 14.0 Å². The molecular formula is C20H19FN4O2. The highest BCUT2D eigenvalue weighted by Gasteiger charge is 2.20. The minimum absolute atomic E-state index is 0.0236. The van der Waals surface area contributed by atoms with E-state index in [-0.39, 0.29) is 17.1 Å². The van der Waals surface area contributed by atoms with Gasteiger partial charge >= 0.3 is 0 Å². The van der Waals surface area contributed by atoms with Crippen LogP contribution < -0.4 is 11.1 Å². The lowest BCUT2D eigenvalue weighted by Crippen LogP contribution is -2.21. The molecule has 0 radical (unpaired) electrons. The van der Waals surface area contributed by atoms with Crippen LogP contribution in [0, 0.1) is 5.82 Å². The van der Waals surface area contributed by atoms with Gasteiger partial charge in [-0.15, -0.1) is 0 Å². The van der Waals surface area contributed by atoms with Gasteiger partial charge in [-0.05, 0) is 30.5 Å². The Balaban J connectivity index is 1.72. The largest absolute Gasteiger partial charge is 0.364 e. The summed E-state index contributed by atoms with van der Waals surface area (Å²) in [6.45, 7) is 0.510. The van der Waals surface area contributed by atoms with Crippen LogP contribution in [0.4, 0.5) is 10.2 Å². The quantitative estimate of drug-likeness (QED) is 0.673. The molecule has 2 amide bonds. The van der Waals surface area contributed by atoms with Crippen LogP contribution in [-0.4, -0.2) is 21.4 Å². The van der Waals surface area contributed by atoms with Gasteiger partial charge in [0.2, 0.25) is 0 Å². The molecule has 0 bridgehead atoms. The number of hydrogen-bond acceptors (Lipinski definition) is 3. The topological polar surface area (TPSA) is 90.0 Å². The van der Waals surface area contributed by atoms with Gasteiger partial charge in [0.15, 0.2) is 11.5 Å². The van der Waals surface area contributed by atoms with Gasteiger partial charge in [-0.3, -0.25) is 9.59 Å². The molecule has 0 aliphatic carbocycles. The van der Waals surface area contributed by atoms with E-state index in [1.165, 1.54) is 30.1 Å². The first-order chi connectivity index (χ1) is 13.1. The number of aryl methyl sites for hydroxylation is 2. The number of aromatic nitrogens is 2. The second-order valence-electron chi connectivity index (χ2n) is 6.02. The standard InChI is InChI=1S/C20H19FN4O2/c21-16-11-5-4-10-15(16)20(27)24-19-17(18(22)26)25(13-23-19)12-6-9-14-7-2-1-3-8-14/h1-5,7-8,10-11,13H,6,9,12H2,(H2,22,26)(H,24,27). The number of amides is 2. The fourth-order valence-electron chi connectivity index (χ4n) is 2.82. The third-order valence-corrected chi connectivity index (χ3v) is 4.13. The number of benzene rings is 2. The van der Waals surface area contributed by atoms with Gasteiger partial charge in [0.1, 0.15) is 5.82 Å². The number of anilines is 1. The van der Waals surface area contributed by atoms with Crippen molar-refractivity contribution < 1.29 is 14.0 Å². The van der Waals surface area contributed by atoms with E-state index in [0.717, 1.165) is 12.8 Å². The highest BCUT2D eigenvalue weighted by atomic mass is 19.1. The molecule has 3 N–H and O–H groups in total. The number of imidazole rings is 1. The molecule has 7 heteroatoms. The minimum Gasteiger partial charge on any atom is -0.364 e. The second kappa shape index (κ2) is 8.27. The lowest BCUT2D eigenvalue weighted by molar-refractivity contribution is 0.0992. The number of rotatable bonds is 7. The van der Waals surface area contributed by atoms with E-state index in [4.69, 9.17) is 5.73 Å². The van der Waals surface area contributed by atoms with Gasteiger partial charge in [-0.1, -0.05) is 42.5 Å². The summed E-state index contributed by atoms with van der Waals surface area (Å²) in [5, 5.41) is 2.47. The maximum Gasteiger partial charge on any atom is 0.269 e. The van der Waals surface area contributed by atoms with Crippen molar-refractivity contribution in [2.45, 2.75) is 19.4 Å². The number of nitrogens with two attached hydrogens (primary N) is 1. The van der Waals surface area contributed by atoms with Crippen molar-refractivity contribution in [3.05, 3.63) is 83.6 Å². The average molecular weight is 366 g/mol. The zero-order valence-corrected chi connectivity index (χ0v) is 14.6. The summed E-state index contributed by atoms with van der Waals surface area (Å²) in [6.07, 6.45) is 3.04. The van der Waals surface area contributed by atoms with E-state index in [1.807, 2.05) is 30.3 Å². The summed E-state index contributed by atoms with van der Waals surface area (Å²) in [7, 11) is 0. The second-order valence-corrected chi connectivity index (χ2v) is 6.02. The third-order valence-electron chi connectivity index (χ3n) is 4.13. The molecule has 0 saturated heterocycles. The van der Waals surface area contributed by atoms with Crippen molar-refractivity contribution in [1.82, 2.24) is 9.55 Å². The maximum atomic E-state index is 13.8. The van der Waals surface area contributed by atoms with E-state index in [0.29, 0.717) is 6.54 Å². The lowest BCUT2D eigenvalue weighted by atomic mass is 10.1. The van der Waals surface area contributed by atoms with Gasteiger partial charge in [0.25, 0.3) is 11.8 Å². The molecule has 0 spiro atoms. The predicted octanol–water partition coefficient (Wildman–Crippen LogP) is 3.01. The van der Waals surface area contributed by atoms with Crippen LogP contribution in [-0.2, 0) is 13.0 Å². The smallest absolute Gasteiger partial charge is 0.269 e. The van der Waals surface area contributed by atoms with Crippen LogP contribution in [0.2, 0.25) is 0 Å². The van der Waals surface area contributed by atoms with E-state index < -0.39 is 17.6 Å². The number of carbonyl (C=O) groups is 2. The van der Waals surface area contributed by atoms with Crippen molar-refractivity contribution >= 4 is 17.6 Å². The lowest BCUT2D eigenvalue weighted by Gasteiger charge is -2.08. The first kappa shape index (κ1) is 18.3. The Hall–Kier alpha value is -3.48. The Morgan fingerprint density at radius 3 is 2.48 bits per heavy atom. The molecule has 0 atom stereocenters. The minimum atomic E-state index is -0.712. The molecule has 138 valence electrons. The van der Waals surface area contributed by atoms with Crippen molar-refractivity contribution in [1.29, 1.82) is 0 Å². The molecule has 2 aromatic carbocycles. The summed E-state index contributed by atoms with van der Waals surface area (Å²) >= 11 is 0. The number of halogens is 1. The normalized spacial score (nSPS) is 10.6. The molecule has 3 aromatic rings. The van der Waals surface area contributed by atoms with E-state index in [1.54, 1.807) is 10.6 Å². The average Bonchev–Trinajstić information content (AvgIpc) is 3.05. The van der Waals surface area contributed by atoms with Crippen LogP contribution in [0.25, 0.3) is 0 Å². The van der Waals surface area contributed by atoms with E-state index in [2.05, 4.69) is 10.3 Å². The van der Waals surface area contributed by atoms with Gasteiger partial charge < -0.3 is 15.6 Å². The molecule has 0 aliphatic rings. The zero-order valence-electron chi connectivity index (χ0n) is 14.6. The van der Waals surface area contributed by atoms with Crippen molar-refractivity contribution in [2.24, 2.45) is 5.73 Å². The number of carbonyl (C=O) groups excluding carboxylic acids is 2. The Morgan fingerprint density at radius 1 is 1.07 bits per heavy atom. The molecule has 0 saturated carbocycles. The fraction of sp³-hybridized carbons (Fsp3) is 0.150. The highest BCUT2D eigenvalue weighted by molar-refractivity contribution is 6.07. The van der Waals surface area contributed by atoms with E-state index >= 15 is 0 Å². The Morgan fingerprint density at radius 2 is 1.78 bits per heavy atom. The van der Waals surface area contributed by atoms with Crippen LogP contribution in [0.15, 0.2) is 60.9 Å². The Labute approximate surface area is 155 Å². The fourth-order valence-corrected chi connectivity index (χ4v) is 2.82. The van der Waals surface area contributed by atoms with Gasteiger partial charge in [-0.2, -0.15) is 0 Å². The zero-order chi connectivity index (χ0) is 19.2. The number of hydrogen-bond donors (Lipinski definition) is 2. The molecule has 1 heterocycles. The molecule has 0 fully saturated rings. The maximum absolute atomic E-state index is 13.8. The highest BCUT2D eigenvalue weighted by Crippen LogP contribution is 2.17. The predicted molar refractivity (Wildman–Crippen MR) is 99.9 cm³/mol. The third kappa shape index (κ3) is 4.38. The first-order valence-electron chi connectivity index (χ1n) is 8.51. The molecule has 0 aliphatic heterocycles. The summed E-state index contributed by atoms with van der Waals surface area (Å²) in [5.41, 5.74) is 6.61. The Bertz CT molecular complexity index is 954. The first-order valence-corrected chi connectivity index (χ1v) is 8.51. The summed E-state index contributed by atoms with van der Waals surface area (Å²) in [6, 6.07) is 15.5. The van der Waals surface area contributed by atoms with Gasteiger partial charge in [0, 0.05) is 6.54 Å². The summed E-state index contributed by atoms with van der Waals surface area (Å²) in [5.74, 6) is -2.03. The van der Waals surface area contributed by atoms with Crippen molar-refractivity contribution in [3.63, 3.8) is 0 Å². The number of nitrogens with zero attached hydrogens (tertiary/aromatic N) is 2. The van der Waals surface area contributed by atoms with Crippen molar-refractivity contribution in [3.8, 4) is 0 Å².